The number of anilines is 1. The molecule has 0 atom stereocenters. The Morgan fingerprint density at radius 3 is 2.33 bits per heavy atom. The van der Waals surface area contributed by atoms with E-state index in [9.17, 15) is 8.42 Å². The molecule has 0 saturated heterocycles. The van der Waals surface area contributed by atoms with Crippen molar-refractivity contribution in [2.45, 2.75) is 4.90 Å². The number of sulfonamides is 1. The molecular weight excluding hydrogens is 361 g/mol. The number of rotatable bonds is 4. The van der Waals surface area contributed by atoms with Crippen LogP contribution in [0.25, 0.3) is 0 Å². The van der Waals surface area contributed by atoms with Gasteiger partial charge in [0.25, 0.3) is 10.0 Å². The summed E-state index contributed by atoms with van der Waals surface area (Å²) in [6, 6.07) is 5.67. The third-order valence-electron chi connectivity index (χ3n) is 2.29. The van der Waals surface area contributed by atoms with Gasteiger partial charge < -0.3 is 4.74 Å². The van der Waals surface area contributed by atoms with Gasteiger partial charge in [-0.3, -0.25) is 0 Å². The smallest absolute Gasteiger partial charge is 0.267 e. The number of hydrogen-bond donors (Lipinski definition) is 1. The Kier molecular flexibility index (Phi) is 4.77. The molecule has 6 nitrogen and oxygen atoms in total. The Morgan fingerprint density at radius 1 is 1.14 bits per heavy atom. The highest BCUT2D eigenvalue weighted by atomic mass is 35.5. The molecule has 112 valence electrons. The van der Waals surface area contributed by atoms with Crippen molar-refractivity contribution in [3.8, 4) is 5.88 Å². The van der Waals surface area contributed by atoms with Crippen molar-refractivity contribution in [1.29, 1.82) is 0 Å². The van der Waals surface area contributed by atoms with E-state index in [-0.39, 0.29) is 31.9 Å². The molecule has 2 aromatic rings. The molecule has 1 aromatic carbocycles. The maximum Gasteiger partial charge on any atom is 0.267 e. The summed E-state index contributed by atoms with van der Waals surface area (Å²) in [6.45, 7) is 0. The van der Waals surface area contributed by atoms with Gasteiger partial charge in [0.1, 0.15) is 10.0 Å². The van der Waals surface area contributed by atoms with Crippen LogP contribution < -0.4 is 9.46 Å². The molecule has 1 N–H and O–H groups in total. The molecule has 0 spiro atoms. The normalized spacial score (nSPS) is 11.2. The molecule has 0 fully saturated rings. The van der Waals surface area contributed by atoms with Crippen molar-refractivity contribution in [3.05, 3.63) is 39.5 Å². The van der Waals surface area contributed by atoms with Gasteiger partial charge in [-0.2, -0.15) is 4.98 Å². The molecule has 0 saturated carbocycles. The number of methoxy groups -OCH3 is 1. The van der Waals surface area contributed by atoms with Crippen LogP contribution in [0.3, 0.4) is 0 Å². The molecule has 10 heteroatoms. The van der Waals surface area contributed by atoms with Crippen LogP contribution >= 0.6 is 34.8 Å². The van der Waals surface area contributed by atoms with Crippen LogP contribution in [0, 0.1) is 0 Å². The van der Waals surface area contributed by atoms with E-state index in [4.69, 9.17) is 39.5 Å². The Balaban J connectivity index is 2.45. The molecule has 21 heavy (non-hydrogen) atoms. The van der Waals surface area contributed by atoms with Gasteiger partial charge in [-0.05, 0) is 12.1 Å². The summed E-state index contributed by atoms with van der Waals surface area (Å²) in [4.78, 5) is 7.31. The van der Waals surface area contributed by atoms with Gasteiger partial charge in [-0.1, -0.05) is 40.9 Å². The predicted octanol–water partition coefficient (Wildman–Crippen LogP) is 3.25. The Hall–Kier alpha value is -1.28. The second-order valence-electron chi connectivity index (χ2n) is 3.71. The van der Waals surface area contributed by atoms with Crippen LogP contribution in [0.2, 0.25) is 15.2 Å². The summed E-state index contributed by atoms with van der Waals surface area (Å²) in [7, 11) is -2.71. The molecule has 0 amide bonds. The Morgan fingerprint density at radius 2 is 1.76 bits per heavy atom. The molecule has 0 aliphatic carbocycles. The summed E-state index contributed by atoms with van der Waals surface area (Å²) in [6.07, 6.45) is 0. The molecule has 2 rings (SSSR count). The number of nitrogens with zero attached hydrogens (tertiary/aromatic N) is 2. The van der Waals surface area contributed by atoms with Crippen molar-refractivity contribution in [2.75, 3.05) is 11.8 Å². The quantitative estimate of drug-likeness (QED) is 0.838. The number of hydrogen-bond acceptors (Lipinski definition) is 5. The lowest BCUT2D eigenvalue weighted by Crippen LogP contribution is -2.16. The molecule has 1 aromatic heterocycles. The summed E-state index contributed by atoms with van der Waals surface area (Å²) < 4.78 is 31.6. The number of ether oxygens (including phenoxy) is 1. The van der Waals surface area contributed by atoms with Gasteiger partial charge in [0, 0.05) is 6.07 Å². The zero-order chi connectivity index (χ0) is 15.6. The summed E-state index contributed by atoms with van der Waals surface area (Å²) in [5, 5.41) is -0.0298. The zero-order valence-corrected chi connectivity index (χ0v) is 13.6. The number of halogens is 3. The fourth-order valence-corrected chi connectivity index (χ4v) is 3.72. The van der Waals surface area contributed by atoms with Crippen LogP contribution in [0.4, 0.5) is 5.95 Å². The van der Waals surface area contributed by atoms with Crippen LogP contribution in [-0.4, -0.2) is 25.5 Å². The summed E-state index contributed by atoms with van der Waals surface area (Å²) in [5.74, 6) is -0.145. The third kappa shape index (κ3) is 3.68. The SMILES string of the molecule is COc1cc(Cl)nc(NS(=O)(=O)c2c(Cl)cccc2Cl)n1. The van der Waals surface area contributed by atoms with Crippen molar-refractivity contribution >= 4 is 50.8 Å². The lowest BCUT2D eigenvalue weighted by Gasteiger charge is -2.10. The first kappa shape index (κ1) is 16.1. The molecule has 0 aliphatic rings. The molecule has 0 aliphatic heterocycles. The van der Waals surface area contributed by atoms with E-state index >= 15 is 0 Å². The first-order chi connectivity index (χ1) is 9.83. The van der Waals surface area contributed by atoms with E-state index in [1.165, 1.54) is 31.4 Å². The molecule has 1 heterocycles. The van der Waals surface area contributed by atoms with E-state index in [1.54, 1.807) is 0 Å². The molecular formula is C11H8Cl3N3O3S. The molecule has 0 radical (unpaired) electrons. The van der Waals surface area contributed by atoms with E-state index in [2.05, 4.69) is 14.7 Å². The van der Waals surface area contributed by atoms with E-state index in [1.807, 2.05) is 0 Å². The van der Waals surface area contributed by atoms with Gasteiger partial charge in [0.2, 0.25) is 11.8 Å². The highest BCUT2D eigenvalue weighted by Gasteiger charge is 2.23. The molecule has 0 unspecified atom stereocenters. The fourth-order valence-electron chi connectivity index (χ4n) is 1.46. The first-order valence-electron chi connectivity index (χ1n) is 5.39. The maximum atomic E-state index is 12.3. The van der Waals surface area contributed by atoms with E-state index in [0.29, 0.717) is 0 Å². The standard InChI is InChI=1S/C11H8Cl3N3O3S/c1-20-9-5-8(14)15-11(16-9)17-21(18,19)10-6(12)3-2-4-7(10)13/h2-5H,1H3,(H,15,16,17). The first-order valence-corrected chi connectivity index (χ1v) is 8.00. The van der Waals surface area contributed by atoms with Gasteiger partial charge in [0.05, 0.1) is 17.2 Å². The number of benzene rings is 1. The van der Waals surface area contributed by atoms with Crippen LogP contribution in [-0.2, 0) is 10.0 Å². The van der Waals surface area contributed by atoms with Gasteiger partial charge in [-0.15, -0.1) is 0 Å². The third-order valence-corrected chi connectivity index (χ3v) is 4.77. The second-order valence-corrected chi connectivity index (χ2v) is 6.53. The minimum absolute atomic E-state index is 0.0183. The Labute approximate surface area is 136 Å². The lowest BCUT2D eigenvalue weighted by atomic mass is 10.4. The molecule has 0 bridgehead atoms. The van der Waals surface area contributed by atoms with Crippen molar-refractivity contribution < 1.29 is 13.2 Å². The maximum absolute atomic E-state index is 12.3. The summed E-state index contributed by atoms with van der Waals surface area (Å²) in [5.41, 5.74) is 0. The average Bonchev–Trinajstić information content (AvgIpc) is 2.36. The largest absolute Gasteiger partial charge is 0.481 e. The van der Waals surface area contributed by atoms with Crippen LogP contribution in [0.1, 0.15) is 0 Å². The van der Waals surface area contributed by atoms with Crippen molar-refractivity contribution in [1.82, 2.24) is 9.97 Å². The minimum atomic E-state index is -4.07. The minimum Gasteiger partial charge on any atom is -0.481 e. The van der Waals surface area contributed by atoms with Gasteiger partial charge in [-0.25, -0.2) is 18.1 Å². The van der Waals surface area contributed by atoms with Gasteiger partial charge >= 0.3 is 0 Å². The number of aromatic nitrogens is 2. The summed E-state index contributed by atoms with van der Waals surface area (Å²) >= 11 is 17.5. The average molecular weight is 369 g/mol. The van der Waals surface area contributed by atoms with Crippen LogP contribution in [0.15, 0.2) is 29.2 Å². The second kappa shape index (κ2) is 6.23. The topological polar surface area (TPSA) is 81.2 Å². The number of nitrogens with one attached hydrogen (secondary N) is 1. The van der Waals surface area contributed by atoms with Crippen LogP contribution in [0.5, 0.6) is 5.88 Å². The van der Waals surface area contributed by atoms with E-state index < -0.39 is 10.0 Å². The zero-order valence-electron chi connectivity index (χ0n) is 10.5. The highest BCUT2D eigenvalue weighted by Crippen LogP contribution is 2.30. The fraction of sp³-hybridized carbons (Fsp3) is 0.0909. The van der Waals surface area contributed by atoms with E-state index in [0.717, 1.165) is 0 Å². The lowest BCUT2D eigenvalue weighted by molar-refractivity contribution is 0.397. The predicted molar refractivity (Wildman–Crippen MR) is 80.9 cm³/mol. The monoisotopic (exact) mass is 367 g/mol. The Bertz CT molecular complexity index is 763. The van der Waals surface area contributed by atoms with Crippen molar-refractivity contribution in [2.24, 2.45) is 0 Å². The van der Waals surface area contributed by atoms with Crippen molar-refractivity contribution in [3.63, 3.8) is 0 Å². The highest BCUT2D eigenvalue weighted by molar-refractivity contribution is 7.93. The van der Waals surface area contributed by atoms with Gasteiger partial charge in [0.15, 0.2) is 0 Å².